The van der Waals surface area contributed by atoms with Crippen molar-refractivity contribution in [1.82, 2.24) is 0 Å². The van der Waals surface area contributed by atoms with Gasteiger partial charge in [0.2, 0.25) is 0 Å². The molecule has 0 bridgehead atoms. The number of nitrogens with zero attached hydrogens (tertiary/aromatic N) is 3. The topological polar surface area (TPSA) is 129 Å². The first-order chi connectivity index (χ1) is 9.49. The number of phenols is 3. The van der Waals surface area contributed by atoms with E-state index < -0.39 is 16.4 Å². The minimum Gasteiger partial charge on any atom is -0.508 e. The van der Waals surface area contributed by atoms with Crippen molar-refractivity contribution < 1.29 is 20.2 Å². The number of hydrogen-bond donors (Lipinski definition) is 3. The summed E-state index contributed by atoms with van der Waals surface area (Å²) in [6, 6.07) is 7.58. The lowest BCUT2D eigenvalue weighted by atomic mass is 10.2. The number of rotatable bonds is 3. The van der Waals surface area contributed by atoms with Gasteiger partial charge in [0.05, 0.1) is 4.92 Å². The number of hydrogen-bond acceptors (Lipinski definition) is 7. The Morgan fingerprint density at radius 1 is 1.00 bits per heavy atom. The van der Waals surface area contributed by atoms with Gasteiger partial charge in [0.1, 0.15) is 5.75 Å². The fourth-order valence-corrected chi connectivity index (χ4v) is 1.50. The van der Waals surface area contributed by atoms with Crippen molar-refractivity contribution in [3.05, 3.63) is 46.5 Å². The number of nitro groups is 1. The normalized spacial score (nSPS) is 10.8. The number of phenolic OH excluding ortho intramolecular Hbond substituents is 3. The maximum absolute atomic E-state index is 10.8. The van der Waals surface area contributed by atoms with Crippen molar-refractivity contribution in [2.24, 2.45) is 10.2 Å². The molecule has 3 N–H and O–H groups in total. The molecule has 0 unspecified atom stereocenters. The van der Waals surface area contributed by atoms with Crippen molar-refractivity contribution in [3.8, 4) is 17.2 Å². The summed E-state index contributed by atoms with van der Waals surface area (Å²) in [6.07, 6.45) is 0. The zero-order chi connectivity index (χ0) is 14.7. The van der Waals surface area contributed by atoms with Gasteiger partial charge in [-0.25, -0.2) is 0 Å². The molecule has 0 aliphatic rings. The van der Waals surface area contributed by atoms with E-state index in [9.17, 15) is 20.3 Å². The van der Waals surface area contributed by atoms with Gasteiger partial charge in [0.15, 0.2) is 22.9 Å². The Labute approximate surface area is 112 Å². The maximum atomic E-state index is 10.8. The highest BCUT2D eigenvalue weighted by Gasteiger charge is 2.13. The molecule has 0 atom stereocenters. The summed E-state index contributed by atoms with van der Waals surface area (Å²) in [6.45, 7) is 0. The molecule has 8 nitrogen and oxygen atoms in total. The van der Waals surface area contributed by atoms with Crippen LogP contribution in [0.3, 0.4) is 0 Å². The van der Waals surface area contributed by atoms with Gasteiger partial charge in [-0.05, 0) is 6.07 Å². The lowest BCUT2D eigenvalue weighted by Crippen LogP contribution is -1.87. The van der Waals surface area contributed by atoms with Crippen molar-refractivity contribution in [2.75, 3.05) is 0 Å². The average Bonchev–Trinajstić information content (AvgIpc) is 2.37. The predicted octanol–water partition coefficient (Wildman–Crippen LogP) is 3.13. The zero-order valence-corrected chi connectivity index (χ0v) is 9.96. The first-order valence-corrected chi connectivity index (χ1v) is 5.39. The summed E-state index contributed by atoms with van der Waals surface area (Å²) in [5, 5.41) is 46.2. The van der Waals surface area contributed by atoms with Crippen molar-refractivity contribution in [3.63, 3.8) is 0 Å². The summed E-state index contributed by atoms with van der Waals surface area (Å²) >= 11 is 0. The standard InChI is InChI=1S/C12H9N3O5/c16-7-5-10(17)12(11(18)6-7)14-13-8-3-1-2-4-9(8)15(19)20/h1-6,16-18H. The molecule has 0 amide bonds. The molecule has 0 aromatic heterocycles. The van der Waals surface area contributed by atoms with E-state index in [0.717, 1.165) is 12.1 Å². The van der Waals surface area contributed by atoms with Gasteiger partial charge < -0.3 is 15.3 Å². The molecule has 102 valence electrons. The number of azo groups is 1. The summed E-state index contributed by atoms with van der Waals surface area (Å²) in [5.74, 6) is -1.33. The second kappa shape index (κ2) is 5.22. The quantitative estimate of drug-likeness (QED) is 0.450. The second-order valence-corrected chi connectivity index (χ2v) is 3.78. The van der Waals surface area contributed by atoms with E-state index in [-0.39, 0.29) is 22.8 Å². The van der Waals surface area contributed by atoms with Crippen LogP contribution >= 0.6 is 0 Å². The van der Waals surface area contributed by atoms with E-state index in [4.69, 9.17) is 5.11 Å². The fourth-order valence-electron chi connectivity index (χ4n) is 1.50. The third-order valence-corrected chi connectivity index (χ3v) is 2.39. The van der Waals surface area contributed by atoms with Crippen LogP contribution in [0.15, 0.2) is 46.6 Å². The van der Waals surface area contributed by atoms with Crippen LogP contribution in [0.4, 0.5) is 17.1 Å². The van der Waals surface area contributed by atoms with E-state index in [1.165, 1.54) is 24.3 Å². The highest BCUT2D eigenvalue weighted by atomic mass is 16.6. The van der Waals surface area contributed by atoms with Crippen LogP contribution in [0.1, 0.15) is 0 Å². The molecular formula is C12H9N3O5. The molecule has 20 heavy (non-hydrogen) atoms. The molecule has 0 spiro atoms. The molecule has 2 aromatic carbocycles. The Hall–Kier alpha value is -3.16. The van der Waals surface area contributed by atoms with Crippen LogP contribution in [-0.2, 0) is 0 Å². The third-order valence-electron chi connectivity index (χ3n) is 2.39. The summed E-state index contributed by atoms with van der Waals surface area (Å²) in [5.41, 5.74) is -0.570. The van der Waals surface area contributed by atoms with Crippen LogP contribution in [0.25, 0.3) is 0 Å². The van der Waals surface area contributed by atoms with Crippen LogP contribution in [0.5, 0.6) is 17.2 Å². The highest BCUT2D eigenvalue weighted by Crippen LogP contribution is 2.40. The Bertz CT molecular complexity index is 676. The van der Waals surface area contributed by atoms with E-state index >= 15 is 0 Å². The van der Waals surface area contributed by atoms with Crippen LogP contribution in [-0.4, -0.2) is 20.2 Å². The van der Waals surface area contributed by atoms with Crippen molar-refractivity contribution >= 4 is 17.1 Å². The molecule has 0 heterocycles. The molecule has 0 saturated heterocycles. The molecule has 0 radical (unpaired) electrons. The smallest absolute Gasteiger partial charge is 0.296 e. The predicted molar refractivity (Wildman–Crippen MR) is 68.7 cm³/mol. The number of benzene rings is 2. The van der Waals surface area contributed by atoms with E-state index in [1.54, 1.807) is 0 Å². The first-order valence-electron chi connectivity index (χ1n) is 5.39. The van der Waals surface area contributed by atoms with Gasteiger partial charge in [-0.2, -0.15) is 0 Å². The molecule has 0 fully saturated rings. The average molecular weight is 275 g/mol. The Morgan fingerprint density at radius 2 is 1.60 bits per heavy atom. The van der Waals surface area contributed by atoms with Crippen molar-refractivity contribution in [2.45, 2.75) is 0 Å². The molecule has 2 aromatic rings. The molecule has 8 heteroatoms. The summed E-state index contributed by atoms with van der Waals surface area (Å²) in [4.78, 5) is 10.2. The second-order valence-electron chi connectivity index (χ2n) is 3.78. The summed E-state index contributed by atoms with van der Waals surface area (Å²) in [7, 11) is 0. The largest absolute Gasteiger partial charge is 0.508 e. The maximum Gasteiger partial charge on any atom is 0.296 e. The molecule has 0 saturated carbocycles. The Kier molecular flexibility index (Phi) is 3.47. The molecule has 0 aliphatic heterocycles. The minimum absolute atomic E-state index is 0.0237. The van der Waals surface area contributed by atoms with Gasteiger partial charge in [-0.3, -0.25) is 10.1 Å². The SMILES string of the molecule is O=[N+]([O-])c1ccccc1N=Nc1c(O)cc(O)cc1O. The van der Waals surface area contributed by atoms with Crippen LogP contribution in [0.2, 0.25) is 0 Å². The van der Waals surface area contributed by atoms with E-state index in [1.807, 2.05) is 0 Å². The van der Waals surface area contributed by atoms with Gasteiger partial charge in [0, 0.05) is 18.2 Å². The van der Waals surface area contributed by atoms with Crippen LogP contribution < -0.4 is 0 Å². The van der Waals surface area contributed by atoms with Crippen molar-refractivity contribution in [1.29, 1.82) is 0 Å². The zero-order valence-electron chi connectivity index (χ0n) is 9.96. The number of aromatic hydroxyl groups is 3. The monoisotopic (exact) mass is 275 g/mol. The van der Waals surface area contributed by atoms with Crippen LogP contribution in [0, 0.1) is 10.1 Å². The van der Waals surface area contributed by atoms with E-state index in [0.29, 0.717) is 0 Å². The molecule has 2 rings (SSSR count). The third kappa shape index (κ3) is 2.64. The Balaban J connectivity index is 2.43. The Morgan fingerprint density at radius 3 is 2.20 bits per heavy atom. The summed E-state index contributed by atoms with van der Waals surface area (Å²) < 4.78 is 0. The number of para-hydroxylation sites is 1. The lowest BCUT2D eigenvalue weighted by molar-refractivity contribution is -0.384. The first kappa shape index (κ1) is 13.3. The minimum atomic E-state index is -0.620. The van der Waals surface area contributed by atoms with Gasteiger partial charge in [-0.1, -0.05) is 12.1 Å². The molecular weight excluding hydrogens is 266 g/mol. The van der Waals surface area contributed by atoms with E-state index in [2.05, 4.69) is 10.2 Å². The lowest BCUT2D eigenvalue weighted by Gasteiger charge is -2.02. The molecule has 0 aliphatic carbocycles. The van der Waals surface area contributed by atoms with Gasteiger partial charge >= 0.3 is 0 Å². The van der Waals surface area contributed by atoms with Gasteiger partial charge in [0.25, 0.3) is 5.69 Å². The van der Waals surface area contributed by atoms with Gasteiger partial charge in [-0.15, -0.1) is 10.2 Å². The highest BCUT2D eigenvalue weighted by molar-refractivity contribution is 5.64. The fraction of sp³-hybridized carbons (Fsp3) is 0. The number of nitro benzene ring substituents is 1.